The number of aromatic amines is 2. The summed E-state index contributed by atoms with van der Waals surface area (Å²) < 4.78 is 13.9. The largest absolute Gasteiger partial charge is 0.373 e. The van der Waals surface area contributed by atoms with E-state index < -0.39 is 6.23 Å². The second kappa shape index (κ2) is 10.2. The van der Waals surface area contributed by atoms with Gasteiger partial charge in [0.05, 0.1) is 34.8 Å². The summed E-state index contributed by atoms with van der Waals surface area (Å²) in [5, 5.41) is 22.0. The van der Waals surface area contributed by atoms with Gasteiger partial charge in [0.2, 0.25) is 0 Å². The van der Waals surface area contributed by atoms with Crippen LogP contribution < -0.4 is 5.32 Å². The number of aliphatic hydroxyl groups is 1. The Bertz CT molecular complexity index is 2000. The van der Waals surface area contributed by atoms with Crippen LogP contribution in [0.1, 0.15) is 5.56 Å². The van der Waals surface area contributed by atoms with E-state index >= 15 is 0 Å². The maximum absolute atomic E-state index is 13.9. The van der Waals surface area contributed by atoms with E-state index in [1.807, 2.05) is 54.6 Å². The number of hydrogen-bond donors (Lipinski definition) is 4. The van der Waals surface area contributed by atoms with Crippen LogP contribution in [-0.2, 0) is 6.42 Å². The van der Waals surface area contributed by atoms with Gasteiger partial charge < -0.3 is 15.4 Å². The molecule has 0 spiro atoms. The average Bonchev–Trinajstić information content (AvgIpc) is 3.61. The van der Waals surface area contributed by atoms with Gasteiger partial charge in [-0.05, 0) is 41.5 Å². The minimum atomic E-state index is -0.774. The molecule has 0 amide bonds. The summed E-state index contributed by atoms with van der Waals surface area (Å²) >= 11 is 0. The highest BCUT2D eigenvalue weighted by Crippen LogP contribution is 2.32. The fourth-order valence-electron chi connectivity index (χ4n) is 4.91. The SMILES string of the molecule is OC(Cc1ccccc1)Nc1cncc(-c2cc3c(-c4nc5nccc(-c6cccc(F)c6)c5[nH]4)n[nH]c3cn2)c1. The van der Waals surface area contributed by atoms with Gasteiger partial charge in [0.1, 0.15) is 17.7 Å². The van der Waals surface area contributed by atoms with Crippen LogP contribution in [0.3, 0.4) is 0 Å². The number of nitrogens with zero attached hydrogens (tertiary/aromatic N) is 5. The fourth-order valence-corrected chi connectivity index (χ4v) is 4.91. The number of hydrogen-bond acceptors (Lipinski definition) is 7. The highest BCUT2D eigenvalue weighted by molar-refractivity contribution is 5.96. The lowest BCUT2D eigenvalue weighted by atomic mass is 10.1. The van der Waals surface area contributed by atoms with Crippen LogP contribution in [0.4, 0.5) is 10.1 Å². The normalized spacial score (nSPS) is 12.1. The summed E-state index contributed by atoms with van der Waals surface area (Å²) in [7, 11) is 0. The van der Waals surface area contributed by atoms with Gasteiger partial charge in [0.25, 0.3) is 0 Å². The third kappa shape index (κ3) is 4.88. The second-order valence-electron chi connectivity index (χ2n) is 9.65. The first-order valence-corrected chi connectivity index (χ1v) is 13.0. The molecule has 5 heterocycles. The van der Waals surface area contributed by atoms with Crippen molar-refractivity contribution < 1.29 is 9.50 Å². The summed E-state index contributed by atoms with van der Waals surface area (Å²) in [4.78, 5) is 21.4. The van der Waals surface area contributed by atoms with E-state index in [2.05, 4.69) is 40.4 Å². The molecule has 9 nitrogen and oxygen atoms in total. The number of H-pyrrole nitrogens is 2. The number of fused-ring (bicyclic) bond motifs is 2. The standard InChI is InChI=1S/C31H23FN8O/c32-21-8-4-7-19(12-21)23-9-10-34-30-28(23)37-31(38-30)29-24-14-25(35-17-26(24)39-40-29)20-13-22(16-33-15-20)36-27(41)11-18-5-2-1-3-6-18/h1-10,12-17,27,36,41H,11H2,(H,39,40)(H,34,37,38). The van der Waals surface area contributed by atoms with Crippen molar-refractivity contribution in [1.29, 1.82) is 0 Å². The molecule has 0 fully saturated rings. The lowest BCUT2D eigenvalue weighted by molar-refractivity contribution is 0.204. The number of benzene rings is 2. The van der Waals surface area contributed by atoms with E-state index in [4.69, 9.17) is 0 Å². The molecule has 5 aromatic heterocycles. The van der Waals surface area contributed by atoms with Crippen molar-refractivity contribution in [2.75, 3.05) is 5.32 Å². The number of rotatable bonds is 7. The Kier molecular flexibility index (Phi) is 6.14. The fraction of sp³-hybridized carbons (Fsp3) is 0.0645. The minimum Gasteiger partial charge on any atom is -0.373 e. The molecule has 41 heavy (non-hydrogen) atoms. The van der Waals surface area contributed by atoms with Gasteiger partial charge in [-0.1, -0.05) is 42.5 Å². The third-order valence-corrected chi connectivity index (χ3v) is 6.84. The van der Waals surface area contributed by atoms with E-state index in [9.17, 15) is 9.50 Å². The molecule has 0 radical (unpaired) electrons. The van der Waals surface area contributed by atoms with Crippen LogP contribution in [0.2, 0.25) is 0 Å². The number of halogens is 1. The molecular weight excluding hydrogens is 519 g/mol. The van der Waals surface area contributed by atoms with Crippen molar-refractivity contribution in [2.24, 2.45) is 0 Å². The zero-order chi connectivity index (χ0) is 27.8. The lowest BCUT2D eigenvalue weighted by Crippen LogP contribution is -2.21. The average molecular weight is 543 g/mol. The Balaban J connectivity index is 1.21. The Morgan fingerprint density at radius 2 is 1.80 bits per heavy atom. The molecule has 1 atom stereocenters. The molecule has 0 saturated carbocycles. The van der Waals surface area contributed by atoms with Crippen LogP contribution in [0.25, 0.3) is 56.0 Å². The molecule has 0 saturated heterocycles. The smallest absolute Gasteiger partial charge is 0.178 e. The van der Waals surface area contributed by atoms with E-state index in [0.29, 0.717) is 40.5 Å². The minimum absolute atomic E-state index is 0.315. The highest BCUT2D eigenvalue weighted by atomic mass is 19.1. The highest BCUT2D eigenvalue weighted by Gasteiger charge is 2.17. The van der Waals surface area contributed by atoms with Crippen molar-refractivity contribution in [2.45, 2.75) is 12.6 Å². The van der Waals surface area contributed by atoms with E-state index in [1.165, 1.54) is 12.1 Å². The van der Waals surface area contributed by atoms with Crippen molar-refractivity contribution in [1.82, 2.24) is 35.1 Å². The summed E-state index contributed by atoms with van der Waals surface area (Å²) in [6.07, 6.45) is 6.44. The van der Waals surface area contributed by atoms with Gasteiger partial charge in [0.15, 0.2) is 11.5 Å². The zero-order valence-corrected chi connectivity index (χ0v) is 21.6. The maximum atomic E-state index is 13.9. The van der Waals surface area contributed by atoms with Gasteiger partial charge in [-0.3, -0.25) is 15.1 Å². The number of anilines is 1. The molecule has 0 aliphatic carbocycles. The quantitative estimate of drug-likeness (QED) is 0.189. The van der Waals surface area contributed by atoms with Gasteiger partial charge >= 0.3 is 0 Å². The Morgan fingerprint density at radius 1 is 0.902 bits per heavy atom. The predicted molar refractivity (Wildman–Crippen MR) is 155 cm³/mol. The molecular formula is C31H23FN8O. The first-order chi connectivity index (χ1) is 20.1. The first-order valence-electron chi connectivity index (χ1n) is 13.0. The molecule has 10 heteroatoms. The van der Waals surface area contributed by atoms with E-state index in [0.717, 1.165) is 33.2 Å². The molecule has 4 N–H and O–H groups in total. The Hall–Kier alpha value is -5.48. The Morgan fingerprint density at radius 3 is 2.68 bits per heavy atom. The predicted octanol–water partition coefficient (Wildman–Crippen LogP) is 5.74. The number of pyridine rings is 3. The van der Waals surface area contributed by atoms with Crippen molar-refractivity contribution in [3.8, 4) is 33.9 Å². The van der Waals surface area contributed by atoms with Gasteiger partial charge in [-0.25, -0.2) is 14.4 Å². The lowest BCUT2D eigenvalue weighted by Gasteiger charge is -2.14. The first kappa shape index (κ1) is 24.6. The van der Waals surface area contributed by atoms with Crippen molar-refractivity contribution in [3.63, 3.8) is 0 Å². The molecule has 1 unspecified atom stereocenters. The van der Waals surface area contributed by atoms with Crippen molar-refractivity contribution >= 4 is 27.8 Å². The number of nitrogens with one attached hydrogen (secondary N) is 3. The van der Waals surface area contributed by atoms with E-state index in [-0.39, 0.29) is 5.82 Å². The molecule has 2 aromatic carbocycles. The second-order valence-corrected chi connectivity index (χ2v) is 9.65. The third-order valence-electron chi connectivity index (χ3n) is 6.84. The molecule has 7 aromatic rings. The van der Waals surface area contributed by atoms with E-state index in [1.54, 1.807) is 30.9 Å². The maximum Gasteiger partial charge on any atom is 0.178 e. The Labute approximate surface area is 233 Å². The summed E-state index contributed by atoms with van der Waals surface area (Å²) in [6, 6.07) is 21.8. The molecule has 7 rings (SSSR count). The molecule has 0 aliphatic rings. The van der Waals surface area contributed by atoms with Gasteiger partial charge in [0, 0.05) is 35.3 Å². The molecule has 0 aliphatic heterocycles. The van der Waals surface area contributed by atoms with Crippen molar-refractivity contribution in [3.05, 3.63) is 109 Å². The number of imidazole rings is 1. The van der Waals surface area contributed by atoms with Crippen LogP contribution in [-0.4, -0.2) is 46.5 Å². The van der Waals surface area contributed by atoms with Gasteiger partial charge in [-0.15, -0.1) is 0 Å². The summed E-state index contributed by atoms with van der Waals surface area (Å²) in [5.74, 6) is 0.210. The van der Waals surface area contributed by atoms with Crippen LogP contribution in [0, 0.1) is 5.82 Å². The number of aliphatic hydroxyl groups excluding tert-OH is 1. The monoisotopic (exact) mass is 542 g/mol. The topological polar surface area (TPSA) is 128 Å². The molecule has 200 valence electrons. The molecule has 0 bridgehead atoms. The summed E-state index contributed by atoms with van der Waals surface area (Å²) in [6.45, 7) is 0. The summed E-state index contributed by atoms with van der Waals surface area (Å²) in [5.41, 5.74) is 7.21. The van der Waals surface area contributed by atoms with Crippen LogP contribution in [0.5, 0.6) is 0 Å². The van der Waals surface area contributed by atoms with Gasteiger partial charge in [-0.2, -0.15) is 5.10 Å². The van der Waals surface area contributed by atoms with Crippen LogP contribution >= 0.6 is 0 Å². The number of aromatic nitrogens is 7. The van der Waals surface area contributed by atoms with Crippen LogP contribution in [0.15, 0.2) is 97.6 Å². The zero-order valence-electron chi connectivity index (χ0n) is 21.6.